The van der Waals surface area contributed by atoms with Gasteiger partial charge < -0.3 is 24.4 Å². The van der Waals surface area contributed by atoms with Crippen LogP contribution in [0.5, 0.6) is 0 Å². The second-order valence-electron chi connectivity index (χ2n) is 5.55. The van der Waals surface area contributed by atoms with Gasteiger partial charge in [0.1, 0.15) is 5.60 Å². The summed E-state index contributed by atoms with van der Waals surface area (Å²) in [4.78, 5) is 25.2. The second kappa shape index (κ2) is 10.4. The average molecular weight is 304 g/mol. The summed E-state index contributed by atoms with van der Waals surface area (Å²) in [5, 5.41) is 2.57. The SMILES string of the molecule is COCCN(CCOC)C(=O)CCNC(=O)OC(C)(C)C. The first-order valence-electron chi connectivity index (χ1n) is 7.02. The minimum atomic E-state index is -0.545. The third-order valence-corrected chi connectivity index (χ3v) is 2.49. The van der Waals surface area contributed by atoms with Crippen molar-refractivity contribution < 1.29 is 23.8 Å². The van der Waals surface area contributed by atoms with Gasteiger partial charge in [-0.25, -0.2) is 4.79 Å². The van der Waals surface area contributed by atoms with E-state index in [1.54, 1.807) is 39.9 Å². The van der Waals surface area contributed by atoms with Crippen LogP contribution in [0.1, 0.15) is 27.2 Å². The third kappa shape index (κ3) is 11.0. The van der Waals surface area contributed by atoms with Crippen LogP contribution in [-0.4, -0.2) is 69.6 Å². The van der Waals surface area contributed by atoms with Gasteiger partial charge >= 0.3 is 6.09 Å². The van der Waals surface area contributed by atoms with Gasteiger partial charge in [0, 0.05) is 40.3 Å². The average Bonchev–Trinajstić information content (AvgIpc) is 2.36. The van der Waals surface area contributed by atoms with Crippen LogP contribution >= 0.6 is 0 Å². The molecule has 124 valence electrons. The highest BCUT2D eigenvalue weighted by atomic mass is 16.6. The molecule has 0 heterocycles. The predicted molar refractivity (Wildman–Crippen MR) is 79.2 cm³/mol. The molecule has 0 rings (SSSR count). The van der Waals surface area contributed by atoms with Crippen molar-refractivity contribution in [3.8, 4) is 0 Å². The first-order chi connectivity index (χ1) is 9.80. The molecule has 7 heteroatoms. The number of hydrogen-bond donors (Lipinski definition) is 1. The number of alkyl carbamates (subject to hydrolysis) is 1. The lowest BCUT2D eigenvalue weighted by Crippen LogP contribution is -2.39. The van der Waals surface area contributed by atoms with Crippen LogP contribution in [0, 0.1) is 0 Å². The number of carbonyl (C=O) groups is 2. The maximum atomic E-state index is 12.0. The molecule has 7 nitrogen and oxygen atoms in total. The highest BCUT2D eigenvalue weighted by Crippen LogP contribution is 2.06. The molecule has 0 aliphatic rings. The summed E-state index contributed by atoms with van der Waals surface area (Å²) < 4.78 is 15.0. The van der Waals surface area contributed by atoms with E-state index in [-0.39, 0.29) is 18.9 Å². The maximum absolute atomic E-state index is 12.0. The lowest BCUT2D eigenvalue weighted by Gasteiger charge is -2.23. The fraction of sp³-hybridized carbons (Fsp3) is 0.857. The topological polar surface area (TPSA) is 77.1 Å². The Balaban J connectivity index is 4.09. The first-order valence-corrected chi connectivity index (χ1v) is 7.02. The molecule has 0 spiro atoms. The third-order valence-electron chi connectivity index (χ3n) is 2.49. The highest BCUT2D eigenvalue weighted by Gasteiger charge is 2.17. The monoisotopic (exact) mass is 304 g/mol. The van der Waals surface area contributed by atoms with Crippen molar-refractivity contribution in [2.75, 3.05) is 47.1 Å². The smallest absolute Gasteiger partial charge is 0.407 e. The largest absolute Gasteiger partial charge is 0.444 e. The van der Waals surface area contributed by atoms with Gasteiger partial charge in [-0.3, -0.25) is 4.79 Å². The molecule has 0 radical (unpaired) electrons. The Morgan fingerprint density at radius 2 is 1.57 bits per heavy atom. The summed E-state index contributed by atoms with van der Waals surface area (Å²) in [5.41, 5.74) is -0.545. The van der Waals surface area contributed by atoms with E-state index in [1.807, 2.05) is 0 Å². The maximum Gasteiger partial charge on any atom is 0.407 e. The quantitative estimate of drug-likeness (QED) is 0.688. The van der Waals surface area contributed by atoms with Crippen LogP contribution in [0.25, 0.3) is 0 Å². The molecule has 0 aliphatic carbocycles. The molecule has 0 atom stereocenters. The van der Waals surface area contributed by atoms with Crippen molar-refractivity contribution in [1.29, 1.82) is 0 Å². The Morgan fingerprint density at radius 1 is 1.05 bits per heavy atom. The van der Waals surface area contributed by atoms with E-state index in [9.17, 15) is 9.59 Å². The molecule has 2 amide bonds. The molecule has 1 N–H and O–H groups in total. The van der Waals surface area contributed by atoms with Crippen molar-refractivity contribution in [3.05, 3.63) is 0 Å². The van der Waals surface area contributed by atoms with Crippen LogP contribution in [0.15, 0.2) is 0 Å². The van der Waals surface area contributed by atoms with E-state index >= 15 is 0 Å². The van der Waals surface area contributed by atoms with Crippen LogP contribution in [0.3, 0.4) is 0 Å². The van der Waals surface area contributed by atoms with E-state index in [0.29, 0.717) is 26.3 Å². The van der Waals surface area contributed by atoms with Gasteiger partial charge in [0.15, 0.2) is 0 Å². The molecule has 0 fully saturated rings. The number of carbonyl (C=O) groups excluding carboxylic acids is 2. The van der Waals surface area contributed by atoms with Crippen molar-refractivity contribution in [3.63, 3.8) is 0 Å². The van der Waals surface area contributed by atoms with Crippen molar-refractivity contribution in [1.82, 2.24) is 10.2 Å². The van der Waals surface area contributed by atoms with Crippen molar-refractivity contribution in [2.24, 2.45) is 0 Å². The zero-order chi connectivity index (χ0) is 16.3. The Hall–Kier alpha value is -1.34. The van der Waals surface area contributed by atoms with Crippen LogP contribution in [-0.2, 0) is 19.0 Å². The molecule has 0 aromatic carbocycles. The van der Waals surface area contributed by atoms with E-state index < -0.39 is 11.7 Å². The van der Waals surface area contributed by atoms with Crippen molar-refractivity contribution >= 4 is 12.0 Å². The Labute approximate surface area is 126 Å². The summed E-state index contributed by atoms with van der Waals surface area (Å²) in [6.45, 7) is 7.54. The molecular weight excluding hydrogens is 276 g/mol. The standard InChI is InChI=1S/C14H28N2O5/c1-14(2,3)21-13(18)15-7-6-12(17)16(8-10-19-4)9-11-20-5/h6-11H2,1-5H3,(H,15,18). The minimum absolute atomic E-state index is 0.0554. The summed E-state index contributed by atoms with van der Waals surface area (Å²) in [6, 6.07) is 0. The number of hydrogen-bond acceptors (Lipinski definition) is 5. The first kappa shape index (κ1) is 19.7. The van der Waals surface area contributed by atoms with E-state index in [1.165, 1.54) is 0 Å². The zero-order valence-electron chi connectivity index (χ0n) is 13.7. The van der Waals surface area contributed by atoms with E-state index in [4.69, 9.17) is 14.2 Å². The Kier molecular flexibility index (Phi) is 9.73. The summed E-state index contributed by atoms with van der Waals surface area (Å²) >= 11 is 0. The molecule has 0 unspecified atom stereocenters. The molecule has 0 aromatic heterocycles. The lowest BCUT2D eigenvalue weighted by atomic mass is 10.2. The summed E-state index contributed by atoms with van der Waals surface area (Å²) in [6.07, 6.45) is -0.303. The Bertz CT molecular complexity index is 307. The van der Waals surface area contributed by atoms with Gasteiger partial charge in [0.25, 0.3) is 0 Å². The fourth-order valence-corrected chi connectivity index (χ4v) is 1.51. The van der Waals surface area contributed by atoms with Crippen molar-refractivity contribution in [2.45, 2.75) is 32.8 Å². The minimum Gasteiger partial charge on any atom is -0.444 e. The van der Waals surface area contributed by atoms with Gasteiger partial charge in [-0.05, 0) is 20.8 Å². The summed E-state index contributed by atoms with van der Waals surface area (Å²) in [5.74, 6) is -0.0554. The molecule has 0 aliphatic heterocycles. The van der Waals surface area contributed by atoms with Crippen LogP contribution < -0.4 is 5.32 Å². The molecule has 0 bridgehead atoms. The summed E-state index contributed by atoms with van der Waals surface area (Å²) in [7, 11) is 3.17. The van der Waals surface area contributed by atoms with Gasteiger partial charge in [0.05, 0.1) is 13.2 Å². The number of nitrogens with zero attached hydrogens (tertiary/aromatic N) is 1. The number of nitrogens with one attached hydrogen (secondary N) is 1. The van der Waals surface area contributed by atoms with Crippen LogP contribution in [0.2, 0.25) is 0 Å². The van der Waals surface area contributed by atoms with Gasteiger partial charge in [0.2, 0.25) is 5.91 Å². The molecule has 0 aromatic rings. The van der Waals surface area contributed by atoms with E-state index in [2.05, 4.69) is 5.32 Å². The fourth-order valence-electron chi connectivity index (χ4n) is 1.51. The van der Waals surface area contributed by atoms with Gasteiger partial charge in [-0.2, -0.15) is 0 Å². The molecule has 0 saturated carbocycles. The lowest BCUT2D eigenvalue weighted by molar-refractivity contribution is -0.132. The van der Waals surface area contributed by atoms with Crippen LogP contribution in [0.4, 0.5) is 4.79 Å². The zero-order valence-corrected chi connectivity index (χ0v) is 13.7. The van der Waals surface area contributed by atoms with Gasteiger partial charge in [-0.15, -0.1) is 0 Å². The number of amides is 2. The van der Waals surface area contributed by atoms with Gasteiger partial charge in [-0.1, -0.05) is 0 Å². The Morgan fingerprint density at radius 3 is 2.00 bits per heavy atom. The van der Waals surface area contributed by atoms with E-state index in [0.717, 1.165) is 0 Å². The second-order valence-corrected chi connectivity index (χ2v) is 5.55. The number of rotatable bonds is 9. The normalized spacial score (nSPS) is 11.1. The molecular formula is C14H28N2O5. The number of methoxy groups -OCH3 is 2. The highest BCUT2D eigenvalue weighted by molar-refractivity contribution is 5.77. The molecule has 21 heavy (non-hydrogen) atoms. The predicted octanol–water partition coefficient (Wildman–Crippen LogP) is 1.02. The number of ether oxygens (including phenoxy) is 3. The molecule has 0 saturated heterocycles.